The van der Waals surface area contributed by atoms with Gasteiger partial charge < -0.3 is 20.1 Å². The van der Waals surface area contributed by atoms with Gasteiger partial charge >= 0.3 is 0 Å². The maximum absolute atomic E-state index is 12.4. The molecule has 0 radical (unpaired) electrons. The molecule has 2 rings (SSSR count). The highest BCUT2D eigenvalue weighted by Crippen LogP contribution is 2.15. The summed E-state index contributed by atoms with van der Waals surface area (Å²) in [5.41, 5.74) is 9.13. The zero-order chi connectivity index (χ0) is 15.9. The number of hydrogen-bond acceptors (Lipinski definition) is 6. The molecule has 1 amide bonds. The first-order valence-corrected chi connectivity index (χ1v) is 7.17. The molecule has 0 spiro atoms. The van der Waals surface area contributed by atoms with E-state index in [1.165, 1.54) is 0 Å². The summed E-state index contributed by atoms with van der Waals surface area (Å²) >= 11 is 4.93. The minimum Gasteiger partial charge on any atom is -0.497 e. The number of anilines is 1. The second-order valence-corrected chi connectivity index (χ2v) is 5.01. The lowest BCUT2D eigenvalue weighted by Crippen LogP contribution is -2.47. The molecule has 0 atom stereocenters. The van der Waals surface area contributed by atoms with Crippen LogP contribution in [0.5, 0.6) is 5.75 Å². The SMILES string of the molecule is COc1ccc(N/N=C(/C(=O)N2CCOCC2)C(N)=S)cc1. The third-order valence-electron chi connectivity index (χ3n) is 3.12. The quantitative estimate of drug-likeness (QED) is 0.469. The van der Waals surface area contributed by atoms with Crippen molar-refractivity contribution >= 4 is 34.5 Å². The maximum atomic E-state index is 12.4. The van der Waals surface area contributed by atoms with Gasteiger partial charge in [-0.2, -0.15) is 5.10 Å². The number of rotatable bonds is 5. The molecular formula is C14H18N4O3S. The molecule has 22 heavy (non-hydrogen) atoms. The number of benzene rings is 1. The average Bonchev–Trinajstić information content (AvgIpc) is 2.56. The van der Waals surface area contributed by atoms with E-state index in [1.807, 2.05) is 0 Å². The third-order valence-corrected chi connectivity index (χ3v) is 3.31. The average molecular weight is 322 g/mol. The van der Waals surface area contributed by atoms with Crippen molar-refractivity contribution in [3.63, 3.8) is 0 Å². The Labute approximate surface area is 134 Å². The minimum atomic E-state index is -0.295. The number of amides is 1. The molecule has 8 heteroatoms. The number of hydrogen-bond donors (Lipinski definition) is 2. The van der Waals surface area contributed by atoms with Crippen molar-refractivity contribution in [1.82, 2.24) is 4.90 Å². The Bertz CT molecular complexity index is 568. The van der Waals surface area contributed by atoms with Crippen LogP contribution in [0.25, 0.3) is 0 Å². The fourth-order valence-electron chi connectivity index (χ4n) is 1.91. The van der Waals surface area contributed by atoms with Gasteiger partial charge in [0, 0.05) is 13.1 Å². The number of nitrogens with one attached hydrogen (secondary N) is 1. The highest BCUT2D eigenvalue weighted by molar-refractivity contribution is 7.82. The smallest absolute Gasteiger partial charge is 0.277 e. The summed E-state index contributed by atoms with van der Waals surface area (Å²) in [6.07, 6.45) is 0. The highest BCUT2D eigenvalue weighted by atomic mass is 32.1. The molecule has 0 saturated carbocycles. The number of carbonyl (C=O) groups is 1. The Morgan fingerprint density at radius 1 is 1.36 bits per heavy atom. The minimum absolute atomic E-state index is 0.0349. The van der Waals surface area contributed by atoms with Crippen LogP contribution in [0.3, 0.4) is 0 Å². The molecule has 118 valence electrons. The van der Waals surface area contributed by atoms with Gasteiger partial charge in [-0.3, -0.25) is 10.2 Å². The fraction of sp³-hybridized carbons (Fsp3) is 0.357. The highest BCUT2D eigenvalue weighted by Gasteiger charge is 2.23. The molecule has 0 aromatic heterocycles. The summed E-state index contributed by atoms with van der Waals surface area (Å²) in [4.78, 5) is 14.0. The van der Waals surface area contributed by atoms with Crippen molar-refractivity contribution in [2.24, 2.45) is 10.8 Å². The summed E-state index contributed by atoms with van der Waals surface area (Å²) in [6, 6.07) is 7.11. The number of thiocarbonyl (C=S) groups is 1. The normalized spacial score (nSPS) is 15.3. The summed E-state index contributed by atoms with van der Waals surface area (Å²) in [7, 11) is 1.59. The Morgan fingerprint density at radius 3 is 2.55 bits per heavy atom. The zero-order valence-electron chi connectivity index (χ0n) is 12.2. The number of carbonyl (C=O) groups excluding carboxylic acids is 1. The molecule has 0 aliphatic carbocycles. The summed E-state index contributed by atoms with van der Waals surface area (Å²) < 4.78 is 10.3. The van der Waals surface area contributed by atoms with Crippen LogP contribution >= 0.6 is 12.2 Å². The van der Waals surface area contributed by atoms with E-state index >= 15 is 0 Å². The predicted octanol–water partition coefficient (Wildman–Crippen LogP) is 0.608. The second-order valence-electron chi connectivity index (χ2n) is 4.57. The monoisotopic (exact) mass is 322 g/mol. The van der Waals surface area contributed by atoms with Crippen LogP contribution in [-0.4, -0.2) is 54.9 Å². The van der Waals surface area contributed by atoms with Crippen LogP contribution in [0.15, 0.2) is 29.4 Å². The molecule has 1 aromatic rings. The lowest BCUT2D eigenvalue weighted by molar-refractivity contribution is -0.127. The summed E-state index contributed by atoms with van der Waals surface area (Å²) in [5, 5.41) is 4.05. The van der Waals surface area contributed by atoms with E-state index in [1.54, 1.807) is 36.3 Å². The number of hydrazone groups is 1. The van der Waals surface area contributed by atoms with E-state index < -0.39 is 0 Å². The molecular weight excluding hydrogens is 304 g/mol. The molecule has 1 saturated heterocycles. The first kappa shape index (κ1) is 16.2. The Morgan fingerprint density at radius 2 is 2.00 bits per heavy atom. The Hall–Kier alpha value is -2.19. The van der Waals surface area contributed by atoms with E-state index in [2.05, 4.69) is 10.5 Å². The van der Waals surface area contributed by atoms with Gasteiger partial charge in [-0.25, -0.2) is 0 Å². The van der Waals surface area contributed by atoms with Gasteiger partial charge in [-0.05, 0) is 24.3 Å². The van der Waals surface area contributed by atoms with Crippen molar-refractivity contribution in [2.45, 2.75) is 0 Å². The van der Waals surface area contributed by atoms with Crippen LogP contribution in [0, 0.1) is 0 Å². The van der Waals surface area contributed by atoms with Crippen molar-refractivity contribution < 1.29 is 14.3 Å². The van der Waals surface area contributed by atoms with Crippen molar-refractivity contribution in [3.8, 4) is 5.75 Å². The van der Waals surface area contributed by atoms with E-state index in [-0.39, 0.29) is 16.6 Å². The molecule has 3 N–H and O–H groups in total. The largest absolute Gasteiger partial charge is 0.497 e. The number of nitrogens with zero attached hydrogens (tertiary/aromatic N) is 2. The van der Waals surface area contributed by atoms with Gasteiger partial charge in [0.25, 0.3) is 5.91 Å². The number of morpholine rings is 1. The molecule has 0 bridgehead atoms. The lowest BCUT2D eigenvalue weighted by Gasteiger charge is -2.26. The molecule has 1 fully saturated rings. The van der Waals surface area contributed by atoms with Gasteiger partial charge in [0.15, 0.2) is 5.71 Å². The van der Waals surface area contributed by atoms with E-state index in [0.29, 0.717) is 32.0 Å². The zero-order valence-corrected chi connectivity index (χ0v) is 13.1. The topological polar surface area (TPSA) is 89.2 Å². The fourth-order valence-corrected chi connectivity index (χ4v) is 2.04. The summed E-state index contributed by atoms with van der Waals surface area (Å²) in [6.45, 7) is 2.01. The van der Waals surface area contributed by atoms with Crippen LogP contribution in [0.4, 0.5) is 5.69 Å². The first-order valence-electron chi connectivity index (χ1n) is 6.76. The van der Waals surface area contributed by atoms with E-state index in [9.17, 15) is 4.79 Å². The molecule has 1 heterocycles. The van der Waals surface area contributed by atoms with Crippen LogP contribution in [-0.2, 0) is 9.53 Å². The van der Waals surface area contributed by atoms with Gasteiger partial charge in [0.2, 0.25) is 0 Å². The second kappa shape index (κ2) is 7.71. The van der Waals surface area contributed by atoms with E-state index in [0.717, 1.165) is 5.75 Å². The van der Waals surface area contributed by atoms with Crippen molar-refractivity contribution in [3.05, 3.63) is 24.3 Å². The molecule has 1 aliphatic heterocycles. The number of nitrogens with two attached hydrogens (primary N) is 1. The van der Waals surface area contributed by atoms with Crippen LogP contribution in [0.1, 0.15) is 0 Å². The van der Waals surface area contributed by atoms with E-state index in [4.69, 9.17) is 27.4 Å². The van der Waals surface area contributed by atoms with Gasteiger partial charge in [-0.1, -0.05) is 12.2 Å². The van der Waals surface area contributed by atoms with Crippen LogP contribution < -0.4 is 15.9 Å². The summed E-state index contributed by atoms with van der Waals surface area (Å²) in [5.74, 6) is 0.435. The number of ether oxygens (including phenoxy) is 2. The predicted molar refractivity (Wildman–Crippen MR) is 88.2 cm³/mol. The Kier molecular flexibility index (Phi) is 5.68. The lowest BCUT2D eigenvalue weighted by atomic mass is 10.3. The number of methoxy groups -OCH3 is 1. The molecule has 0 unspecified atom stereocenters. The Balaban J connectivity index is 2.08. The first-order chi connectivity index (χ1) is 10.6. The molecule has 1 aromatic carbocycles. The van der Waals surface area contributed by atoms with Gasteiger partial charge in [0.1, 0.15) is 10.7 Å². The van der Waals surface area contributed by atoms with Gasteiger partial charge in [-0.15, -0.1) is 0 Å². The third kappa shape index (κ3) is 4.15. The molecule has 7 nitrogen and oxygen atoms in total. The van der Waals surface area contributed by atoms with Crippen LogP contribution in [0.2, 0.25) is 0 Å². The van der Waals surface area contributed by atoms with Crippen molar-refractivity contribution in [2.75, 3.05) is 38.8 Å². The van der Waals surface area contributed by atoms with Gasteiger partial charge in [0.05, 0.1) is 26.0 Å². The van der Waals surface area contributed by atoms with Crippen molar-refractivity contribution in [1.29, 1.82) is 0 Å². The molecule has 1 aliphatic rings. The standard InChI is InChI=1S/C14H18N4O3S/c1-20-11-4-2-10(3-5-11)16-17-12(13(15)22)14(19)18-6-8-21-9-7-18/h2-5,16H,6-9H2,1H3,(H2,15,22)/b17-12+. The maximum Gasteiger partial charge on any atom is 0.277 e.